The first-order valence-corrected chi connectivity index (χ1v) is 17.1. The number of aromatic nitrogens is 3. The van der Waals surface area contributed by atoms with Crippen molar-refractivity contribution in [1.29, 1.82) is 0 Å². The van der Waals surface area contributed by atoms with Gasteiger partial charge in [-0.3, -0.25) is 0 Å². The Morgan fingerprint density at radius 3 is 1.61 bits per heavy atom. The first-order chi connectivity index (χ1) is 25.3. The number of nitrogens with zero attached hydrogens (tertiary/aromatic N) is 3. The van der Waals surface area contributed by atoms with Gasteiger partial charge in [0, 0.05) is 38.4 Å². The monoisotopic (exact) mass is 651 g/mol. The number of rotatable bonds is 5. The van der Waals surface area contributed by atoms with Gasteiger partial charge < -0.3 is 4.42 Å². The maximum Gasteiger partial charge on any atom is 0.164 e. The molecule has 0 spiro atoms. The Labute approximate surface area is 294 Å². The highest BCUT2D eigenvalue weighted by Gasteiger charge is 2.21. The minimum absolute atomic E-state index is 0.596. The number of furan rings is 1. The summed E-state index contributed by atoms with van der Waals surface area (Å²) < 4.78 is 6.86. The third-order valence-electron chi connectivity index (χ3n) is 9.71. The smallest absolute Gasteiger partial charge is 0.164 e. The van der Waals surface area contributed by atoms with Crippen LogP contribution in [-0.2, 0) is 0 Å². The van der Waals surface area contributed by atoms with Gasteiger partial charge in [-0.05, 0) is 63.2 Å². The topological polar surface area (TPSA) is 51.8 Å². The highest BCUT2D eigenvalue weighted by Crippen LogP contribution is 2.43. The van der Waals surface area contributed by atoms with Crippen LogP contribution < -0.4 is 0 Å². The molecular formula is C47H29N3O. The van der Waals surface area contributed by atoms with Gasteiger partial charge in [0.05, 0.1) is 0 Å². The fourth-order valence-corrected chi connectivity index (χ4v) is 7.18. The molecule has 2 heterocycles. The lowest BCUT2D eigenvalue weighted by Crippen LogP contribution is -2.00. The van der Waals surface area contributed by atoms with Crippen LogP contribution in [0.5, 0.6) is 0 Å². The van der Waals surface area contributed by atoms with E-state index in [9.17, 15) is 0 Å². The number of hydrogen-bond acceptors (Lipinski definition) is 4. The lowest BCUT2D eigenvalue weighted by Gasteiger charge is -2.11. The predicted molar refractivity (Wildman–Crippen MR) is 209 cm³/mol. The van der Waals surface area contributed by atoms with Crippen molar-refractivity contribution >= 4 is 43.5 Å². The summed E-state index contributed by atoms with van der Waals surface area (Å²) in [5.41, 5.74) is 8.92. The van der Waals surface area contributed by atoms with E-state index in [4.69, 9.17) is 19.4 Å². The molecule has 0 fully saturated rings. The van der Waals surface area contributed by atoms with Crippen molar-refractivity contribution in [3.05, 3.63) is 176 Å². The molecule has 4 nitrogen and oxygen atoms in total. The molecule has 0 unspecified atom stereocenters. The molecule has 0 radical (unpaired) electrons. The van der Waals surface area contributed by atoms with E-state index >= 15 is 0 Å². The third-order valence-corrected chi connectivity index (χ3v) is 9.71. The molecule has 0 atom stereocenters. The largest absolute Gasteiger partial charge is 0.455 e. The van der Waals surface area contributed by atoms with E-state index < -0.39 is 0 Å². The second-order valence-electron chi connectivity index (χ2n) is 12.8. The van der Waals surface area contributed by atoms with Crippen molar-refractivity contribution < 1.29 is 4.42 Å². The molecule has 0 saturated heterocycles. The average Bonchev–Trinajstić information content (AvgIpc) is 3.61. The molecular weight excluding hydrogens is 623 g/mol. The molecule has 10 aromatic rings. The predicted octanol–water partition coefficient (Wildman–Crippen LogP) is 12.4. The highest BCUT2D eigenvalue weighted by molar-refractivity contribution is 6.21. The minimum Gasteiger partial charge on any atom is -0.455 e. The van der Waals surface area contributed by atoms with Crippen LogP contribution >= 0.6 is 0 Å². The fourth-order valence-electron chi connectivity index (χ4n) is 7.18. The molecule has 0 aliphatic rings. The van der Waals surface area contributed by atoms with Crippen molar-refractivity contribution in [2.45, 2.75) is 0 Å². The quantitative estimate of drug-likeness (QED) is 0.186. The first-order valence-electron chi connectivity index (χ1n) is 17.1. The maximum atomic E-state index is 6.86. The van der Waals surface area contributed by atoms with E-state index in [0.717, 1.165) is 71.3 Å². The standard InChI is InChI=1S/C47H29N3O/c1-4-12-30(13-5-1)34-20-21-36-29-37(23-22-35(36)28-34)46-48-45(33-17-8-3-9-18-33)49-47(50-46)41-27-26-39(31-14-6-2-7-15-31)44-42(41)40-25-24-32-16-10-11-19-38(32)43(40)51-44/h1-29H. The summed E-state index contributed by atoms with van der Waals surface area (Å²) in [5, 5.41) is 6.50. The molecule has 0 N–H and O–H groups in total. The Balaban J connectivity index is 1.21. The lowest BCUT2D eigenvalue weighted by molar-refractivity contribution is 0.674. The van der Waals surface area contributed by atoms with E-state index in [0.29, 0.717) is 17.5 Å². The summed E-state index contributed by atoms with van der Waals surface area (Å²) in [7, 11) is 0. The summed E-state index contributed by atoms with van der Waals surface area (Å²) in [6.07, 6.45) is 0. The highest BCUT2D eigenvalue weighted by atomic mass is 16.3. The van der Waals surface area contributed by atoms with Crippen LogP contribution in [0.1, 0.15) is 0 Å². The Morgan fingerprint density at radius 2 is 0.863 bits per heavy atom. The normalized spacial score (nSPS) is 11.5. The fraction of sp³-hybridized carbons (Fsp3) is 0. The van der Waals surface area contributed by atoms with Crippen LogP contribution in [0.4, 0.5) is 0 Å². The second kappa shape index (κ2) is 11.9. The van der Waals surface area contributed by atoms with Crippen molar-refractivity contribution in [2.24, 2.45) is 0 Å². The van der Waals surface area contributed by atoms with Gasteiger partial charge in [-0.15, -0.1) is 0 Å². The van der Waals surface area contributed by atoms with Crippen LogP contribution in [-0.4, -0.2) is 15.0 Å². The van der Waals surface area contributed by atoms with Gasteiger partial charge in [0.25, 0.3) is 0 Å². The van der Waals surface area contributed by atoms with Gasteiger partial charge >= 0.3 is 0 Å². The zero-order valence-corrected chi connectivity index (χ0v) is 27.5. The minimum atomic E-state index is 0.596. The molecule has 0 aliphatic carbocycles. The number of fused-ring (bicyclic) bond motifs is 6. The van der Waals surface area contributed by atoms with Crippen LogP contribution in [0.3, 0.4) is 0 Å². The molecule has 0 saturated carbocycles. The lowest BCUT2D eigenvalue weighted by atomic mass is 9.97. The van der Waals surface area contributed by atoms with Gasteiger partial charge in [0.2, 0.25) is 0 Å². The molecule has 4 heteroatoms. The van der Waals surface area contributed by atoms with E-state index in [1.54, 1.807) is 0 Å². The SMILES string of the molecule is c1ccc(-c2ccc3cc(-c4nc(-c5ccccc5)nc(-c5ccc(-c6ccccc6)c6oc7c8ccccc8ccc7c56)n4)ccc3c2)cc1. The Kier molecular flexibility index (Phi) is 6.78. The molecule has 10 rings (SSSR count). The number of benzene rings is 8. The van der Waals surface area contributed by atoms with Crippen LogP contribution in [0.25, 0.3) is 99.9 Å². The summed E-state index contributed by atoms with van der Waals surface area (Å²) in [5.74, 6) is 1.83. The van der Waals surface area contributed by atoms with Crippen LogP contribution in [0.15, 0.2) is 180 Å². The van der Waals surface area contributed by atoms with Crippen LogP contribution in [0, 0.1) is 0 Å². The zero-order valence-electron chi connectivity index (χ0n) is 27.5. The first kappa shape index (κ1) is 29.0. The number of hydrogen-bond donors (Lipinski definition) is 0. The maximum absolute atomic E-state index is 6.86. The average molecular weight is 652 g/mol. The van der Waals surface area contributed by atoms with Gasteiger partial charge in [-0.2, -0.15) is 0 Å². The molecule has 0 bridgehead atoms. The van der Waals surface area contributed by atoms with Crippen molar-refractivity contribution in [3.8, 4) is 56.4 Å². The molecule has 8 aromatic carbocycles. The third kappa shape index (κ3) is 5.04. The Bertz CT molecular complexity index is 2900. The summed E-state index contributed by atoms with van der Waals surface area (Å²) in [4.78, 5) is 15.4. The second-order valence-corrected chi connectivity index (χ2v) is 12.8. The Hall–Kier alpha value is -6.91. The van der Waals surface area contributed by atoms with Gasteiger partial charge in [0.15, 0.2) is 17.5 Å². The van der Waals surface area contributed by atoms with E-state index in [1.807, 2.05) is 42.5 Å². The van der Waals surface area contributed by atoms with E-state index in [2.05, 4.69) is 133 Å². The van der Waals surface area contributed by atoms with Crippen molar-refractivity contribution in [2.75, 3.05) is 0 Å². The summed E-state index contributed by atoms with van der Waals surface area (Å²) in [6, 6.07) is 61.0. The molecule has 2 aromatic heterocycles. The van der Waals surface area contributed by atoms with E-state index in [-0.39, 0.29) is 0 Å². The van der Waals surface area contributed by atoms with E-state index in [1.165, 1.54) is 11.1 Å². The van der Waals surface area contributed by atoms with Gasteiger partial charge in [0.1, 0.15) is 11.2 Å². The summed E-state index contributed by atoms with van der Waals surface area (Å²) >= 11 is 0. The van der Waals surface area contributed by atoms with Gasteiger partial charge in [-0.1, -0.05) is 146 Å². The molecule has 238 valence electrons. The van der Waals surface area contributed by atoms with Gasteiger partial charge in [-0.25, -0.2) is 15.0 Å². The van der Waals surface area contributed by atoms with Crippen molar-refractivity contribution in [1.82, 2.24) is 15.0 Å². The Morgan fingerprint density at radius 1 is 0.314 bits per heavy atom. The molecule has 51 heavy (non-hydrogen) atoms. The van der Waals surface area contributed by atoms with Crippen LogP contribution in [0.2, 0.25) is 0 Å². The summed E-state index contributed by atoms with van der Waals surface area (Å²) in [6.45, 7) is 0. The molecule has 0 amide bonds. The van der Waals surface area contributed by atoms with Crippen molar-refractivity contribution in [3.63, 3.8) is 0 Å². The molecule has 0 aliphatic heterocycles. The zero-order chi connectivity index (χ0) is 33.7.